The van der Waals surface area contributed by atoms with Crippen molar-refractivity contribution in [3.8, 4) is 11.5 Å². The maximum absolute atomic E-state index is 14.0. The van der Waals surface area contributed by atoms with Gasteiger partial charge in [-0.15, -0.1) is 0 Å². The first-order valence-electron chi connectivity index (χ1n) is 9.55. The van der Waals surface area contributed by atoms with Gasteiger partial charge < -0.3 is 20.5 Å². The summed E-state index contributed by atoms with van der Waals surface area (Å²) in [5.74, 6) is 0.560. The van der Waals surface area contributed by atoms with Gasteiger partial charge in [0, 0.05) is 17.5 Å². The molecule has 0 radical (unpaired) electrons. The van der Waals surface area contributed by atoms with Gasteiger partial charge in [0.25, 0.3) is 0 Å². The normalized spacial score (nSPS) is 20.3. The first-order chi connectivity index (χ1) is 13.5. The van der Waals surface area contributed by atoms with E-state index in [4.69, 9.17) is 15.2 Å². The molecule has 6 heteroatoms. The molecule has 0 saturated heterocycles. The van der Waals surface area contributed by atoms with Crippen LogP contribution in [0.3, 0.4) is 0 Å². The molecule has 1 aliphatic rings. The van der Waals surface area contributed by atoms with Crippen molar-refractivity contribution in [2.45, 2.75) is 37.8 Å². The number of carbonyl (C=O) groups is 1. The summed E-state index contributed by atoms with van der Waals surface area (Å²) in [6, 6.07) is 11.2. The van der Waals surface area contributed by atoms with Crippen molar-refractivity contribution >= 4 is 5.91 Å². The topological polar surface area (TPSA) is 73.6 Å². The molecule has 3 atom stereocenters. The Morgan fingerprint density at radius 1 is 1.18 bits per heavy atom. The van der Waals surface area contributed by atoms with E-state index < -0.39 is 11.9 Å². The van der Waals surface area contributed by atoms with Crippen molar-refractivity contribution in [1.29, 1.82) is 0 Å². The van der Waals surface area contributed by atoms with E-state index >= 15 is 0 Å². The van der Waals surface area contributed by atoms with Crippen molar-refractivity contribution in [1.82, 2.24) is 5.32 Å². The Morgan fingerprint density at radius 2 is 2.00 bits per heavy atom. The van der Waals surface area contributed by atoms with Crippen LogP contribution in [0.2, 0.25) is 0 Å². The molecule has 0 aromatic heterocycles. The Balaban J connectivity index is 1.97. The number of amides is 1. The second-order valence-electron chi connectivity index (χ2n) is 7.23. The second-order valence-corrected chi connectivity index (χ2v) is 7.23. The second kappa shape index (κ2) is 9.06. The molecule has 3 unspecified atom stereocenters. The molecule has 2 aromatic rings. The van der Waals surface area contributed by atoms with E-state index in [1.807, 2.05) is 24.3 Å². The van der Waals surface area contributed by atoms with E-state index in [9.17, 15) is 9.18 Å². The van der Waals surface area contributed by atoms with Gasteiger partial charge in [-0.25, -0.2) is 4.39 Å². The van der Waals surface area contributed by atoms with Gasteiger partial charge in [-0.1, -0.05) is 18.6 Å². The number of carbonyl (C=O) groups excluding carboxylic acids is 1. The molecule has 0 heterocycles. The smallest absolute Gasteiger partial charge is 0.223 e. The summed E-state index contributed by atoms with van der Waals surface area (Å²) in [5.41, 5.74) is 7.40. The Labute approximate surface area is 165 Å². The highest BCUT2D eigenvalue weighted by Crippen LogP contribution is 2.33. The van der Waals surface area contributed by atoms with E-state index in [0.717, 1.165) is 24.8 Å². The fourth-order valence-corrected chi connectivity index (χ4v) is 3.82. The highest BCUT2D eigenvalue weighted by atomic mass is 19.1. The lowest BCUT2D eigenvalue weighted by molar-refractivity contribution is -0.126. The molecule has 0 aliphatic heterocycles. The van der Waals surface area contributed by atoms with Gasteiger partial charge in [0.1, 0.15) is 17.3 Å². The number of rotatable bonds is 6. The fraction of sp³-hybridized carbons (Fsp3) is 0.409. The summed E-state index contributed by atoms with van der Waals surface area (Å²) < 4.78 is 24.8. The molecule has 3 N–H and O–H groups in total. The molecule has 1 fully saturated rings. The summed E-state index contributed by atoms with van der Waals surface area (Å²) in [6.45, 7) is 0. The molecule has 0 spiro atoms. The number of nitrogens with one attached hydrogen (secondary N) is 1. The lowest BCUT2D eigenvalue weighted by atomic mass is 9.85. The maximum atomic E-state index is 14.0. The molecular formula is C22H27FN2O3. The van der Waals surface area contributed by atoms with Crippen LogP contribution in [-0.4, -0.2) is 26.2 Å². The van der Waals surface area contributed by atoms with E-state index in [1.165, 1.54) is 19.2 Å². The Morgan fingerprint density at radius 3 is 2.71 bits per heavy atom. The third kappa shape index (κ3) is 4.62. The summed E-state index contributed by atoms with van der Waals surface area (Å²) in [4.78, 5) is 13.0. The number of hydrogen-bond acceptors (Lipinski definition) is 4. The van der Waals surface area contributed by atoms with Crippen LogP contribution in [0.4, 0.5) is 4.39 Å². The summed E-state index contributed by atoms with van der Waals surface area (Å²) >= 11 is 0. The summed E-state index contributed by atoms with van der Waals surface area (Å²) in [5, 5.41) is 3.10. The van der Waals surface area contributed by atoms with Gasteiger partial charge in [0.2, 0.25) is 5.91 Å². The molecule has 2 aromatic carbocycles. The molecule has 1 saturated carbocycles. The number of nitrogens with two attached hydrogens (primary N) is 1. The Hall–Kier alpha value is -2.60. The zero-order chi connectivity index (χ0) is 20.1. The van der Waals surface area contributed by atoms with Crippen LogP contribution in [0.5, 0.6) is 11.5 Å². The van der Waals surface area contributed by atoms with Gasteiger partial charge in [-0.3, -0.25) is 4.79 Å². The van der Waals surface area contributed by atoms with Crippen LogP contribution >= 0.6 is 0 Å². The molecule has 1 aliphatic carbocycles. The molecule has 1 amide bonds. The largest absolute Gasteiger partial charge is 0.497 e. The van der Waals surface area contributed by atoms with Crippen LogP contribution in [0, 0.1) is 11.7 Å². The number of halogens is 1. The quantitative estimate of drug-likeness (QED) is 0.796. The van der Waals surface area contributed by atoms with Crippen LogP contribution in [-0.2, 0) is 4.79 Å². The monoisotopic (exact) mass is 386 g/mol. The lowest BCUT2D eigenvalue weighted by Crippen LogP contribution is -2.39. The van der Waals surface area contributed by atoms with Crippen molar-refractivity contribution in [2.75, 3.05) is 14.2 Å². The lowest BCUT2D eigenvalue weighted by Gasteiger charge is -2.29. The highest BCUT2D eigenvalue weighted by molar-refractivity contribution is 5.80. The Kier molecular flexibility index (Phi) is 6.52. The van der Waals surface area contributed by atoms with Crippen molar-refractivity contribution in [3.63, 3.8) is 0 Å². The van der Waals surface area contributed by atoms with Crippen LogP contribution < -0.4 is 20.5 Å². The van der Waals surface area contributed by atoms with Gasteiger partial charge in [0.15, 0.2) is 0 Å². The van der Waals surface area contributed by atoms with Gasteiger partial charge in [0.05, 0.1) is 20.3 Å². The van der Waals surface area contributed by atoms with Crippen molar-refractivity contribution in [3.05, 3.63) is 59.4 Å². The van der Waals surface area contributed by atoms with E-state index in [-0.39, 0.29) is 17.9 Å². The minimum Gasteiger partial charge on any atom is -0.497 e. The first kappa shape index (κ1) is 20.1. The minimum absolute atomic E-state index is 0.0449. The van der Waals surface area contributed by atoms with Crippen molar-refractivity contribution < 1.29 is 18.7 Å². The molecule has 3 rings (SSSR count). The summed E-state index contributed by atoms with van der Waals surface area (Å²) in [7, 11) is 3.11. The number of hydrogen-bond donors (Lipinski definition) is 2. The van der Waals surface area contributed by atoms with Gasteiger partial charge in [-0.05, 0) is 55.2 Å². The van der Waals surface area contributed by atoms with Gasteiger partial charge in [-0.2, -0.15) is 0 Å². The Bertz CT molecular complexity index is 827. The van der Waals surface area contributed by atoms with Crippen molar-refractivity contribution in [2.24, 2.45) is 11.7 Å². The number of benzene rings is 2. The summed E-state index contributed by atoms with van der Waals surface area (Å²) in [6.07, 6.45) is 3.36. The predicted molar refractivity (Wildman–Crippen MR) is 106 cm³/mol. The molecule has 0 bridgehead atoms. The molecule has 150 valence electrons. The third-order valence-electron chi connectivity index (χ3n) is 5.30. The maximum Gasteiger partial charge on any atom is 0.223 e. The average Bonchev–Trinajstić information content (AvgIpc) is 2.71. The fourth-order valence-electron chi connectivity index (χ4n) is 3.82. The molecule has 5 nitrogen and oxygen atoms in total. The number of ether oxygens (including phenoxy) is 2. The first-order valence-corrected chi connectivity index (χ1v) is 9.55. The third-order valence-corrected chi connectivity index (χ3v) is 5.30. The van der Waals surface area contributed by atoms with Crippen LogP contribution in [0.25, 0.3) is 0 Å². The average molecular weight is 386 g/mol. The molecule has 28 heavy (non-hydrogen) atoms. The zero-order valence-corrected chi connectivity index (χ0v) is 16.3. The van der Waals surface area contributed by atoms with Crippen LogP contribution in [0.1, 0.15) is 42.9 Å². The SMILES string of the molecule is COc1cccc(C(NC(=O)C2CCCC(N)C2)c2cc(F)ccc2OC)c1. The van der Waals surface area contributed by atoms with E-state index in [2.05, 4.69) is 5.32 Å². The van der Waals surface area contributed by atoms with E-state index in [1.54, 1.807) is 13.2 Å². The predicted octanol–water partition coefficient (Wildman–Crippen LogP) is 3.57. The zero-order valence-electron chi connectivity index (χ0n) is 16.3. The van der Waals surface area contributed by atoms with Gasteiger partial charge >= 0.3 is 0 Å². The molecular weight excluding hydrogens is 359 g/mol. The van der Waals surface area contributed by atoms with Crippen LogP contribution in [0.15, 0.2) is 42.5 Å². The van der Waals surface area contributed by atoms with E-state index in [0.29, 0.717) is 23.5 Å². The number of methoxy groups -OCH3 is 2. The standard InChI is InChI=1S/C22H27FN2O3/c1-27-18-8-4-5-14(12-18)21(19-13-16(23)9-10-20(19)28-2)25-22(26)15-6-3-7-17(24)11-15/h4-5,8-10,12-13,15,17,21H,3,6-7,11,24H2,1-2H3,(H,25,26). The highest BCUT2D eigenvalue weighted by Gasteiger charge is 2.29. The minimum atomic E-state index is -0.564.